The van der Waals surface area contributed by atoms with Crippen molar-refractivity contribution in [3.8, 4) is 6.07 Å². The predicted molar refractivity (Wildman–Crippen MR) is 288 cm³/mol. The van der Waals surface area contributed by atoms with Gasteiger partial charge in [-0.2, -0.15) is 5.26 Å². The zero-order valence-corrected chi connectivity index (χ0v) is 39.5. The number of para-hydroxylation sites is 1. The Morgan fingerprint density at radius 2 is 1.14 bits per heavy atom. The Morgan fingerprint density at radius 1 is 0.521 bits per heavy atom. The van der Waals surface area contributed by atoms with Crippen molar-refractivity contribution >= 4 is 115 Å². The van der Waals surface area contributed by atoms with Crippen LogP contribution in [0, 0.1) is 17.2 Å². The average molecular weight is 910 g/mol. The molecule has 334 valence electrons. The second kappa shape index (κ2) is 12.2. The first-order valence-electron chi connectivity index (χ1n) is 25.6. The molecule has 6 aliphatic rings. The summed E-state index contributed by atoms with van der Waals surface area (Å²) in [5.41, 5.74) is 20.5. The molecule has 0 unspecified atom stereocenters. The molecule has 0 saturated heterocycles. The van der Waals surface area contributed by atoms with Crippen molar-refractivity contribution in [2.75, 3.05) is 0 Å². The van der Waals surface area contributed by atoms with E-state index < -0.39 is 0 Å². The minimum absolute atomic E-state index is 0.0148. The number of benzene rings is 9. The number of ketones is 1. The number of rotatable bonds is 0. The summed E-state index contributed by atoms with van der Waals surface area (Å²) in [7, 11) is 0. The molecule has 4 bridgehead atoms. The van der Waals surface area contributed by atoms with E-state index in [1.165, 1.54) is 87.6 Å². The Kier molecular flexibility index (Phi) is 6.48. The highest BCUT2D eigenvalue weighted by Crippen LogP contribution is 2.60. The molecule has 9 aromatic carbocycles. The zero-order chi connectivity index (χ0) is 46.7. The third-order valence-electron chi connectivity index (χ3n) is 18.5. The Labute approximate surface area is 406 Å². The summed E-state index contributed by atoms with van der Waals surface area (Å²) in [5.74, 6) is 0.803. The summed E-state index contributed by atoms with van der Waals surface area (Å²) in [6.07, 6.45) is 4.13. The molecule has 1 fully saturated rings. The molecule has 5 aromatic heterocycles. The van der Waals surface area contributed by atoms with Gasteiger partial charge in [-0.3, -0.25) is 4.79 Å². The fraction of sp³-hybridized carbons (Fsp3) is 0.182. The number of fused-ring (bicyclic) bond motifs is 20. The van der Waals surface area contributed by atoms with Crippen molar-refractivity contribution in [2.24, 2.45) is 5.92 Å². The van der Waals surface area contributed by atoms with Crippen LogP contribution in [-0.2, 0) is 5.41 Å². The van der Waals surface area contributed by atoms with Crippen LogP contribution in [0.1, 0.15) is 125 Å². The normalized spacial score (nSPS) is 19.5. The SMILES string of the molecule is CC(C)(C)c1ccc2c(c1)cc1c3cc4c(cc3n3c5cc(C#N)c6c(c5c2c13)C1c2ccccc2C6c2ccccc21)c1c2oc3ccccc3c2cc2c3cc5c(cc3n4c21)C(=O)C1CCC5CC1. The molecule has 6 aliphatic carbocycles. The third-order valence-corrected chi connectivity index (χ3v) is 18.5. The molecule has 0 amide bonds. The number of Topliss-reactive ketones (excluding diaryl/α,β-unsaturated/α-hetero) is 1. The second-order valence-electron chi connectivity index (χ2n) is 22.8. The molecule has 0 aliphatic heterocycles. The van der Waals surface area contributed by atoms with Crippen molar-refractivity contribution in [3.63, 3.8) is 0 Å². The van der Waals surface area contributed by atoms with E-state index in [-0.39, 0.29) is 23.2 Å². The van der Waals surface area contributed by atoms with E-state index in [9.17, 15) is 10.1 Å². The Bertz CT molecular complexity index is 4870. The van der Waals surface area contributed by atoms with Gasteiger partial charge in [0.15, 0.2) is 5.78 Å². The summed E-state index contributed by atoms with van der Waals surface area (Å²) < 4.78 is 12.0. The Hall–Kier alpha value is -8.20. The quantitative estimate of drug-likeness (QED) is 0.152. The highest BCUT2D eigenvalue weighted by atomic mass is 16.3. The van der Waals surface area contributed by atoms with Crippen LogP contribution in [0.15, 0.2) is 138 Å². The topological polar surface area (TPSA) is 62.8 Å². The molecule has 5 heterocycles. The van der Waals surface area contributed by atoms with Crippen molar-refractivity contribution in [2.45, 2.75) is 69.6 Å². The molecule has 5 nitrogen and oxygen atoms in total. The number of nitrogens with zero attached hydrogens (tertiary/aromatic N) is 3. The van der Waals surface area contributed by atoms with Gasteiger partial charge >= 0.3 is 0 Å². The minimum Gasteiger partial charge on any atom is -0.455 e. The number of hydrogen-bond donors (Lipinski definition) is 0. The van der Waals surface area contributed by atoms with Gasteiger partial charge in [0, 0.05) is 71.8 Å². The molecule has 0 atom stereocenters. The predicted octanol–water partition coefficient (Wildman–Crippen LogP) is 16.7. The first-order valence-corrected chi connectivity index (χ1v) is 25.6. The number of carbonyl (C=O) groups is 1. The van der Waals surface area contributed by atoms with E-state index in [4.69, 9.17) is 4.42 Å². The zero-order valence-electron chi connectivity index (χ0n) is 39.5. The van der Waals surface area contributed by atoms with Gasteiger partial charge in [-0.25, -0.2) is 0 Å². The van der Waals surface area contributed by atoms with Gasteiger partial charge in [-0.05, 0) is 141 Å². The van der Waals surface area contributed by atoms with Gasteiger partial charge in [-0.1, -0.05) is 106 Å². The molecular formula is C66H43N3O2. The van der Waals surface area contributed by atoms with Crippen molar-refractivity contribution in [3.05, 3.63) is 189 Å². The largest absolute Gasteiger partial charge is 0.455 e. The van der Waals surface area contributed by atoms with Gasteiger partial charge < -0.3 is 13.2 Å². The molecule has 0 spiro atoms. The number of furan rings is 1. The second-order valence-corrected chi connectivity index (χ2v) is 22.8. The monoisotopic (exact) mass is 909 g/mol. The van der Waals surface area contributed by atoms with E-state index in [2.05, 4.69) is 169 Å². The lowest BCUT2D eigenvalue weighted by molar-refractivity contribution is 0.0898. The first-order chi connectivity index (χ1) is 34.7. The van der Waals surface area contributed by atoms with Crippen LogP contribution in [0.3, 0.4) is 0 Å². The summed E-state index contributed by atoms with van der Waals surface area (Å²) in [5, 5.41) is 25.6. The van der Waals surface area contributed by atoms with E-state index in [1.54, 1.807) is 0 Å². The van der Waals surface area contributed by atoms with Gasteiger partial charge in [0.05, 0.1) is 50.1 Å². The maximum atomic E-state index is 14.4. The lowest BCUT2D eigenvalue weighted by Gasteiger charge is -2.43. The summed E-state index contributed by atoms with van der Waals surface area (Å²) >= 11 is 0. The van der Waals surface area contributed by atoms with Gasteiger partial charge in [0.1, 0.15) is 11.2 Å². The van der Waals surface area contributed by atoms with Gasteiger partial charge in [0.25, 0.3) is 0 Å². The number of nitriles is 1. The van der Waals surface area contributed by atoms with Crippen molar-refractivity contribution < 1.29 is 9.21 Å². The summed E-state index contributed by atoms with van der Waals surface area (Å²) in [4.78, 5) is 14.4. The number of carbonyl (C=O) groups excluding carboxylic acids is 1. The average Bonchev–Trinajstić information content (AvgIpc) is 4.17. The van der Waals surface area contributed by atoms with Crippen molar-refractivity contribution in [1.82, 2.24) is 8.80 Å². The first kappa shape index (κ1) is 37.7. The molecule has 1 saturated carbocycles. The fourth-order valence-corrected chi connectivity index (χ4v) is 15.5. The number of hydrogen-bond acceptors (Lipinski definition) is 3. The van der Waals surface area contributed by atoms with Gasteiger partial charge in [0.2, 0.25) is 0 Å². The lowest BCUT2D eigenvalue weighted by atomic mass is 9.59. The standard InChI is InChI=1S/C66H43N3O2/c1-66(2,3)35-20-21-36-33(22-35)23-45-44-27-52-49(29-51(44)69-53-24-34(30-67)55-56-38-11-4-6-13-40(38)57(41-14-7-5-12-39(41)56)61(55)60(53)58(36)62(45)69)59-63-46(26-48-37-10-8-9-15-54(37)71-65(48)59)43-25-42-31-16-18-32(19-17-31)64(70)47(42)28-50(43)68(52)63/h4-15,20-29,31-32,56-57H,16-19H2,1-3H3. The van der Waals surface area contributed by atoms with Crippen LogP contribution in [0.4, 0.5) is 0 Å². The fourth-order valence-electron chi connectivity index (χ4n) is 15.5. The molecule has 0 radical (unpaired) electrons. The van der Waals surface area contributed by atoms with Crippen LogP contribution in [0.25, 0.3) is 109 Å². The van der Waals surface area contributed by atoms with Crippen LogP contribution in [0.5, 0.6) is 0 Å². The van der Waals surface area contributed by atoms with E-state index in [1.807, 2.05) is 0 Å². The third kappa shape index (κ3) is 4.26. The molecule has 14 aromatic rings. The van der Waals surface area contributed by atoms with Crippen LogP contribution in [-0.4, -0.2) is 14.6 Å². The molecule has 5 heteroatoms. The van der Waals surface area contributed by atoms with E-state index in [0.29, 0.717) is 11.7 Å². The van der Waals surface area contributed by atoms with Crippen LogP contribution >= 0.6 is 0 Å². The van der Waals surface area contributed by atoms with Crippen molar-refractivity contribution in [1.29, 1.82) is 5.26 Å². The van der Waals surface area contributed by atoms with E-state index >= 15 is 0 Å². The Balaban J connectivity index is 1.06. The highest BCUT2D eigenvalue weighted by molar-refractivity contribution is 6.37. The minimum atomic E-state index is -0.0443. The lowest BCUT2D eigenvalue weighted by Crippen LogP contribution is -2.28. The van der Waals surface area contributed by atoms with Crippen LogP contribution < -0.4 is 0 Å². The maximum absolute atomic E-state index is 14.4. The summed E-state index contributed by atoms with van der Waals surface area (Å²) in [6, 6.07) is 52.9. The molecule has 20 rings (SSSR count). The van der Waals surface area contributed by atoms with E-state index in [0.717, 1.165) is 103 Å². The smallest absolute Gasteiger partial charge is 0.166 e. The molecule has 0 N–H and O–H groups in total. The molecule has 71 heavy (non-hydrogen) atoms. The summed E-state index contributed by atoms with van der Waals surface area (Å²) in [6.45, 7) is 6.91. The maximum Gasteiger partial charge on any atom is 0.166 e. The van der Waals surface area contributed by atoms with Gasteiger partial charge in [-0.15, -0.1) is 0 Å². The Morgan fingerprint density at radius 3 is 1.89 bits per heavy atom. The molecular weight excluding hydrogens is 867 g/mol. The number of aromatic nitrogens is 2. The van der Waals surface area contributed by atoms with Crippen LogP contribution in [0.2, 0.25) is 0 Å². The highest BCUT2D eigenvalue weighted by Gasteiger charge is 2.45.